The van der Waals surface area contributed by atoms with E-state index in [9.17, 15) is 9.90 Å². The summed E-state index contributed by atoms with van der Waals surface area (Å²) in [6.07, 6.45) is 7.91. The van der Waals surface area contributed by atoms with Crippen molar-refractivity contribution in [2.45, 2.75) is 58.3 Å². The van der Waals surface area contributed by atoms with E-state index in [1.54, 1.807) is 0 Å². The van der Waals surface area contributed by atoms with Crippen molar-refractivity contribution in [1.82, 2.24) is 0 Å². The zero-order valence-corrected chi connectivity index (χ0v) is 9.91. The van der Waals surface area contributed by atoms with E-state index in [4.69, 9.17) is 10.2 Å². The van der Waals surface area contributed by atoms with Gasteiger partial charge in [0.1, 0.15) is 5.76 Å². The van der Waals surface area contributed by atoms with E-state index in [2.05, 4.69) is 6.92 Å². The first kappa shape index (κ1) is 14.8. The SMILES string of the molecule is CCCCCCCCC/C(O)=C(/O)C(=O)O. The molecule has 3 N–H and O–H groups in total. The van der Waals surface area contributed by atoms with Gasteiger partial charge in [0.2, 0.25) is 5.76 Å². The molecule has 0 amide bonds. The topological polar surface area (TPSA) is 77.8 Å². The lowest BCUT2D eigenvalue weighted by atomic mass is 10.1. The molecule has 0 aliphatic rings. The zero-order chi connectivity index (χ0) is 12.4. The lowest BCUT2D eigenvalue weighted by molar-refractivity contribution is -0.135. The van der Waals surface area contributed by atoms with Gasteiger partial charge >= 0.3 is 5.97 Å². The number of allylic oxidation sites excluding steroid dienone is 1. The van der Waals surface area contributed by atoms with Crippen LogP contribution in [0.1, 0.15) is 58.3 Å². The monoisotopic (exact) mass is 230 g/mol. The molecule has 0 bridgehead atoms. The Morgan fingerprint density at radius 1 is 0.875 bits per heavy atom. The minimum Gasteiger partial charge on any atom is -0.508 e. The van der Waals surface area contributed by atoms with Crippen molar-refractivity contribution in [2.24, 2.45) is 0 Å². The lowest BCUT2D eigenvalue weighted by Gasteiger charge is -2.02. The molecule has 0 fully saturated rings. The second-order valence-corrected chi connectivity index (χ2v) is 3.97. The maximum absolute atomic E-state index is 10.3. The largest absolute Gasteiger partial charge is 0.508 e. The van der Waals surface area contributed by atoms with E-state index in [1.807, 2.05) is 0 Å². The molecule has 0 atom stereocenters. The predicted octanol–water partition coefficient (Wildman–Crippen LogP) is 3.54. The van der Waals surface area contributed by atoms with Crippen molar-refractivity contribution >= 4 is 5.97 Å². The summed E-state index contributed by atoms with van der Waals surface area (Å²) in [5.41, 5.74) is 0. The molecule has 16 heavy (non-hydrogen) atoms. The van der Waals surface area contributed by atoms with Gasteiger partial charge in [-0.1, -0.05) is 45.4 Å². The van der Waals surface area contributed by atoms with Crippen LogP contribution in [-0.4, -0.2) is 21.3 Å². The molecule has 0 aliphatic carbocycles. The van der Waals surface area contributed by atoms with Crippen LogP contribution < -0.4 is 0 Å². The van der Waals surface area contributed by atoms with E-state index in [1.165, 1.54) is 25.7 Å². The zero-order valence-electron chi connectivity index (χ0n) is 9.91. The summed E-state index contributed by atoms with van der Waals surface area (Å²) < 4.78 is 0. The number of carbonyl (C=O) groups is 1. The van der Waals surface area contributed by atoms with Crippen LogP contribution in [0.15, 0.2) is 11.5 Å². The van der Waals surface area contributed by atoms with Gasteiger partial charge in [0.05, 0.1) is 0 Å². The molecule has 4 nitrogen and oxygen atoms in total. The molecule has 0 saturated carbocycles. The number of aliphatic carboxylic acids is 1. The highest BCUT2D eigenvalue weighted by Crippen LogP contribution is 2.12. The molecular formula is C12H22O4. The van der Waals surface area contributed by atoms with Crippen molar-refractivity contribution in [1.29, 1.82) is 0 Å². The summed E-state index contributed by atoms with van der Waals surface area (Å²) in [5.74, 6) is -2.81. The first-order valence-electron chi connectivity index (χ1n) is 5.94. The Morgan fingerprint density at radius 3 is 1.88 bits per heavy atom. The van der Waals surface area contributed by atoms with Gasteiger partial charge in [0, 0.05) is 6.42 Å². The van der Waals surface area contributed by atoms with Crippen LogP contribution in [0.3, 0.4) is 0 Å². The highest BCUT2D eigenvalue weighted by atomic mass is 16.4. The molecule has 94 valence electrons. The summed E-state index contributed by atoms with van der Waals surface area (Å²) in [6, 6.07) is 0. The van der Waals surface area contributed by atoms with Crippen LogP contribution in [0.2, 0.25) is 0 Å². The lowest BCUT2D eigenvalue weighted by Crippen LogP contribution is -2.03. The molecule has 0 heterocycles. The Morgan fingerprint density at radius 2 is 1.38 bits per heavy atom. The number of aliphatic hydroxyl groups is 2. The quantitative estimate of drug-likeness (QED) is 0.321. The van der Waals surface area contributed by atoms with Gasteiger partial charge in [-0.05, 0) is 6.42 Å². The summed E-state index contributed by atoms with van der Waals surface area (Å²) >= 11 is 0. The smallest absolute Gasteiger partial charge is 0.374 e. The first-order valence-corrected chi connectivity index (χ1v) is 5.94. The second-order valence-electron chi connectivity index (χ2n) is 3.97. The third-order valence-corrected chi connectivity index (χ3v) is 2.49. The Labute approximate surface area is 96.6 Å². The molecule has 0 aromatic rings. The maximum Gasteiger partial charge on any atom is 0.374 e. The Bertz CT molecular complexity index is 233. The fourth-order valence-corrected chi connectivity index (χ4v) is 1.49. The molecule has 4 heteroatoms. The molecule has 0 aliphatic heterocycles. The Kier molecular flexibility index (Phi) is 8.39. The maximum atomic E-state index is 10.3. The van der Waals surface area contributed by atoms with Crippen LogP contribution in [0.5, 0.6) is 0 Å². The molecular weight excluding hydrogens is 208 g/mol. The van der Waals surface area contributed by atoms with Crippen LogP contribution in [0.25, 0.3) is 0 Å². The van der Waals surface area contributed by atoms with Gasteiger partial charge in [0.25, 0.3) is 0 Å². The molecule has 0 rings (SSSR count). The number of rotatable bonds is 9. The normalized spacial score (nSPS) is 12.3. The number of hydrogen-bond donors (Lipinski definition) is 3. The van der Waals surface area contributed by atoms with Crippen LogP contribution in [0.4, 0.5) is 0 Å². The van der Waals surface area contributed by atoms with Gasteiger partial charge in [0.15, 0.2) is 0 Å². The molecule has 0 radical (unpaired) electrons. The highest BCUT2D eigenvalue weighted by molar-refractivity contribution is 5.84. The van der Waals surface area contributed by atoms with Crippen molar-refractivity contribution in [3.05, 3.63) is 11.5 Å². The predicted molar refractivity (Wildman–Crippen MR) is 62.5 cm³/mol. The van der Waals surface area contributed by atoms with Gasteiger partial charge in [-0.15, -0.1) is 0 Å². The van der Waals surface area contributed by atoms with Gasteiger partial charge in [-0.25, -0.2) is 4.79 Å². The minimum absolute atomic E-state index is 0.242. The van der Waals surface area contributed by atoms with Crippen LogP contribution in [-0.2, 0) is 4.79 Å². The molecule has 0 saturated heterocycles. The molecule has 0 spiro atoms. The second kappa shape index (κ2) is 9.07. The summed E-state index contributed by atoms with van der Waals surface area (Å²) in [4.78, 5) is 10.3. The summed E-state index contributed by atoms with van der Waals surface area (Å²) in [7, 11) is 0. The summed E-state index contributed by atoms with van der Waals surface area (Å²) in [6.45, 7) is 2.16. The summed E-state index contributed by atoms with van der Waals surface area (Å²) in [5, 5.41) is 26.5. The number of unbranched alkanes of at least 4 members (excludes halogenated alkanes) is 6. The average molecular weight is 230 g/mol. The number of carboxylic acid groups (broad SMARTS) is 1. The minimum atomic E-state index is -1.47. The van der Waals surface area contributed by atoms with Gasteiger partial charge in [-0.3, -0.25) is 0 Å². The van der Waals surface area contributed by atoms with Crippen molar-refractivity contribution in [3.8, 4) is 0 Å². The third kappa shape index (κ3) is 7.15. The number of hydrogen-bond acceptors (Lipinski definition) is 3. The van der Waals surface area contributed by atoms with Gasteiger partial charge < -0.3 is 15.3 Å². The number of carboxylic acids is 1. The van der Waals surface area contributed by atoms with E-state index in [-0.39, 0.29) is 6.42 Å². The van der Waals surface area contributed by atoms with E-state index < -0.39 is 17.5 Å². The highest BCUT2D eigenvalue weighted by Gasteiger charge is 2.10. The van der Waals surface area contributed by atoms with Crippen molar-refractivity contribution < 1.29 is 20.1 Å². The van der Waals surface area contributed by atoms with E-state index in [0.29, 0.717) is 0 Å². The van der Waals surface area contributed by atoms with Gasteiger partial charge in [-0.2, -0.15) is 0 Å². The Balaban J connectivity index is 3.52. The Hall–Kier alpha value is -1.19. The fraction of sp³-hybridized carbons (Fsp3) is 0.750. The van der Waals surface area contributed by atoms with Crippen molar-refractivity contribution in [2.75, 3.05) is 0 Å². The van der Waals surface area contributed by atoms with Crippen molar-refractivity contribution in [3.63, 3.8) is 0 Å². The third-order valence-electron chi connectivity index (χ3n) is 2.49. The molecule has 0 aromatic heterocycles. The number of aliphatic hydroxyl groups excluding tert-OH is 2. The van der Waals surface area contributed by atoms with E-state index in [0.717, 1.165) is 19.3 Å². The average Bonchev–Trinajstić information content (AvgIpc) is 2.26. The first-order chi connectivity index (χ1) is 7.59. The standard InChI is InChI=1S/C12H22O4/c1-2-3-4-5-6-7-8-9-10(13)11(14)12(15)16/h13-14H,2-9H2,1H3,(H,15,16)/b11-10-. The van der Waals surface area contributed by atoms with Crippen LogP contribution in [0, 0.1) is 0 Å². The van der Waals surface area contributed by atoms with E-state index >= 15 is 0 Å². The van der Waals surface area contributed by atoms with Crippen LogP contribution >= 0.6 is 0 Å². The molecule has 0 aromatic carbocycles. The molecule has 0 unspecified atom stereocenters. The fourth-order valence-electron chi connectivity index (χ4n) is 1.49.